The summed E-state index contributed by atoms with van der Waals surface area (Å²) in [6, 6.07) is 2.83. The average Bonchev–Trinajstić information content (AvgIpc) is 2.28. The van der Waals surface area contributed by atoms with Crippen LogP contribution in [0.4, 0.5) is 8.78 Å². The number of ether oxygens (including phenoxy) is 2. The van der Waals surface area contributed by atoms with Crippen LogP contribution in [0.25, 0.3) is 0 Å². The van der Waals surface area contributed by atoms with Gasteiger partial charge in [0.05, 0.1) is 19.8 Å². The van der Waals surface area contributed by atoms with Crippen molar-refractivity contribution in [3.05, 3.63) is 23.3 Å². The molecular weight excluding hydrogens is 228 g/mol. The SMILES string of the molecule is COc1ccc(C(F)(F)CCN)c(OC)c1C. The van der Waals surface area contributed by atoms with Crippen LogP contribution < -0.4 is 15.2 Å². The molecule has 0 unspecified atom stereocenters. The van der Waals surface area contributed by atoms with E-state index >= 15 is 0 Å². The number of rotatable bonds is 5. The second-order valence-corrected chi connectivity index (χ2v) is 3.72. The lowest BCUT2D eigenvalue weighted by Gasteiger charge is -2.21. The Morgan fingerprint density at radius 1 is 1.24 bits per heavy atom. The normalized spacial score (nSPS) is 11.4. The van der Waals surface area contributed by atoms with E-state index < -0.39 is 12.3 Å². The van der Waals surface area contributed by atoms with Crippen molar-refractivity contribution < 1.29 is 18.3 Å². The van der Waals surface area contributed by atoms with E-state index in [0.717, 1.165) is 0 Å². The predicted molar refractivity (Wildman–Crippen MR) is 61.8 cm³/mol. The van der Waals surface area contributed by atoms with Crippen LogP contribution in [0.1, 0.15) is 17.5 Å². The third-order valence-corrected chi connectivity index (χ3v) is 2.63. The molecule has 96 valence electrons. The molecule has 1 aromatic carbocycles. The van der Waals surface area contributed by atoms with Gasteiger partial charge in [-0.25, -0.2) is 8.78 Å². The summed E-state index contributed by atoms with van der Waals surface area (Å²) in [7, 11) is 2.85. The zero-order valence-electron chi connectivity index (χ0n) is 10.2. The van der Waals surface area contributed by atoms with E-state index in [2.05, 4.69) is 0 Å². The summed E-state index contributed by atoms with van der Waals surface area (Å²) in [4.78, 5) is 0. The molecular formula is C12H17F2NO2. The maximum absolute atomic E-state index is 13.8. The van der Waals surface area contributed by atoms with Gasteiger partial charge in [-0.15, -0.1) is 0 Å². The maximum atomic E-state index is 13.8. The molecule has 0 fully saturated rings. The number of halogens is 2. The number of hydrogen-bond acceptors (Lipinski definition) is 3. The Bertz CT molecular complexity index is 394. The summed E-state index contributed by atoms with van der Waals surface area (Å²) in [6.45, 7) is 1.60. The summed E-state index contributed by atoms with van der Waals surface area (Å²) in [5.74, 6) is -2.31. The molecule has 0 aliphatic carbocycles. The van der Waals surface area contributed by atoms with Crippen LogP contribution in [0, 0.1) is 6.92 Å². The van der Waals surface area contributed by atoms with Gasteiger partial charge in [-0.2, -0.15) is 0 Å². The molecule has 1 aromatic rings. The molecule has 0 atom stereocenters. The van der Waals surface area contributed by atoms with Gasteiger partial charge in [-0.1, -0.05) is 0 Å². The van der Waals surface area contributed by atoms with E-state index in [-0.39, 0.29) is 17.9 Å². The van der Waals surface area contributed by atoms with E-state index in [9.17, 15) is 8.78 Å². The van der Waals surface area contributed by atoms with Crippen LogP contribution in [0.15, 0.2) is 12.1 Å². The second-order valence-electron chi connectivity index (χ2n) is 3.72. The standard InChI is InChI=1S/C12H17F2NO2/c1-8-10(16-2)5-4-9(11(8)17-3)12(13,14)6-7-15/h4-5H,6-7,15H2,1-3H3. The highest BCUT2D eigenvalue weighted by Gasteiger charge is 2.34. The monoisotopic (exact) mass is 245 g/mol. The Labute approximate surface area is 99.5 Å². The van der Waals surface area contributed by atoms with Crippen LogP contribution >= 0.6 is 0 Å². The Kier molecular flexibility index (Phi) is 4.28. The van der Waals surface area contributed by atoms with Crippen LogP contribution in [0.3, 0.4) is 0 Å². The number of hydrogen-bond donors (Lipinski definition) is 1. The number of benzene rings is 1. The smallest absolute Gasteiger partial charge is 0.278 e. The number of alkyl halides is 2. The molecule has 0 heterocycles. The molecule has 0 saturated carbocycles. The van der Waals surface area contributed by atoms with Gasteiger partial charge in [-0.3, -0.25) is 0 Å². The summed E-state index contributed by atoms with van der Waals surface area (Å²) in [5.41, 5.74) is 5.60. The summed E-state index contributed by atoms with van der Waals surface area (Å²) >= 11 is 0. The highest BCUT2D eigenvalue weighted by Crippen LogP contribution is 2.41. The minimum Gasteiger partial charge on any atom is -0.496 e. The van der Waals surface area contributed by atoms with Gasteiger partial charge in [0.1, 0.15) is 11.5 Å². The first-order chi connectivity index (χ1) is 7.97. The first-order valence-electron chi connectivity index (χ1n) is 5.28. The Morgan fingerprint density at radius 3 is 2.35 bits per heavy atom. The lowest BCUT2D eigenvalue weighted by molar-refractivity contribution is -0.0129. The zero-order chi connectivity index (χ0) is 13.1. The van der Waals surface area contributed by atoms with Crippen molar-refractivity contribution in [3.8, 4) is 11.5 Å². The van der Waals surface area contributed by atoms with Gasteiger partial charge in [0.25, 0.3) is 5.92 Å². The average molecular weight is 245 g/mol. The Balaban J connectivity index is 3.30. The largest absolute Gasteiger partial charge is 0.496 e. The first kappa shape index (κ1) is 13.7. The van der Waals surface area contributed by atoms with Crippen LogP contribution in [0.5, 0.6) is 11.5 Å². The van der Waals surface area contributed by atoms with Gasteiger partial charge in [-0.05, 0) is 25.6 Å². The van der Waals surface area contributed by atoms with E-state index in [0.29, 0.717) is 11.3 Å². The number of methoxy groups -OCH3 is 2. The molecule has 0 aliphatic heterocycles. The van der Waals surface area contributed by atoms with Crippen molar-refractivity contribution in [1.82, 2.24) is 0 Å². The molecule has 3 nitrogen and oxygen atoms in total. The van der Waals surface area contributed by atoms with Crippen molar-refractivity contribution in [2.45, 2.75) is 19.3 Å². The minimum absolute atomic E-state index is 0.0821. The fraction of sp³-hybridized carbons (Fsp3) is 0.500. The lowest BCUT2D eigenvalue weighted by atomic mass is 10.0. The quantitative estimate of drug-likeness (QED) is 0.866. The Morgan fingerprint density at radius 2 is 1.88 bits per heavy atom. The molecule has 0 amide bonds. The molecule has 17 heavy (non-hydrogen) atoms. The van der Waals surface area contributed by atoms with Crippen LogP contribution in [-0.4, -0.2) is 20.8 Å². The Hall–Kier alpha value is -1.36. The zero-order valence-corrected chi connectivity index (χ0v) is 10.2. The highest BCUT2D eigenvalue weighted by atomic mass is 19.3. The fourth-order valence-electron chi connectivity index (χ4n) is 1.76. The van der Waals surface area contributed by atoms with Gasteiger partial charge in [0, 0.05) is 12.0 Å². The van der Waals surface area contributed by atoms with Crippen molar-refractivity contribution >= 4 is 0 Å². The highest BCUT2D eigenvalue weighted by molar-refractivity contribution is 5.50. The molecule has 0 aliphatic rings. The number of nitrogens with two attached hydrogens (primary N) is 1. The fourth-order valence-corrected chi connectivity index (χ4v) is 1.76. The van der Waals surface area contributed by atoms with E-state index in [1.54, 1.807) is 6.92 Å². The van der Waals surface area contributed by atoms with Crippen molar-refractivity contribution in [1.29, 1.82) is 0 Å². The second kappa shape index (κ2) is 5.31. The molecule has 0 saturated heterocycles. The molecule has 0 spiro atoms. The predicted octanol–water partition coefficient (Wildman–Crippen LogP) is 2.45. The van der Waals surface area contributed by atoms with E-state index in [1.165, 1.54) is 26.4 Å². The van der Waals surface area contributed by atoms with Gasteiger partial charge < -0.3 is 15.2 Å². The lowest BCUT2D eigenvalue weighted by Crippen LogP contribution is -2.20. The van der Waals surface area contributed by atoms with E-state index in [1.807, 2.05) is 0 Å². The maximum Gasteiger partial charge on any atom is 0.278 e. The molecule has 2 N–H and O–H groups in total. The summed E-state index contributed by atoms with van der Waals surface area (Å²) in [6.07, 6.45) is -0.408. The molecule has 1 rings (SSSR count). The minimum atomic E-state index is -2.99. The van der Waals surface area contributed by atoms with Crippen LogP contribution in [0.2, 0.25) is 0 Å². The molecule has 0 bridgehead atoms. The van der Waals surface area contributed by atoms with Gasteiger partial charge in [0.2, 0.25) is 0 Å². The van der Waals surface area contributed by atoms with Crippen molar-refractivity contribution in [3.63, 3.8) is 0 Å². The van der Waals surface area contributed by atoms with Gasteiger partial charge >= 0.3 is 0 Å². The molecule has 0 radical (unpaired) electrons. The van der Waals surface area contributed by atoms with Crippen molar-refractivity contribution in [2.24, 2.45) is 5.73 Å². The summed E-state index contributed by atoms with van der Waals surface area (Å²) < 4.78 is 37.8. The molecule has 0 aromatic heterocycles. The first-order valence-corrected chi connectivity index (χ1v) is 5.28. The summed E-state index contributed by atoms with van der Waals surface area (Å²) in [5, 5.41) is 0. The third kappa shape index (κ3) is 2.66. The van der Waals surface area contributed by atoms with Crippen molar-refractivity contribution in [2.75, 3.05) is 20.8 Å². The van der Waals surface area contributed by atoms with Gasteiger partial charge in [0.15, 0.2) is 0 Å². The topological polar surface area (TPSA) is 44.5 Å². The van der Waals surface area contributed by atoms with Crippen LogP contribution in [-0.2, 0) is 5.92 Å². The van der Waals surface area contributed by atoms with E-state index in [4.69, 9.17) is 15.2 Å². The molecule has 5 heteroatoms. The third-order valence-electron chi connectivity index (χ3n) is 2.63.